The summed E-state index contributed by atoms with van der Waals surface area (Å²) in [5, 5.41) is 3.27. The van der Waals surface area contributed by atoms with E-state index in [1.165, 1.54) is 12.1 Å². The summed E-state index contributed by atoms with van der Waals surface area (Å²) in [5.41, 5.74) is 2.45. The highest BCUT2D eigenvalue weighted by Gasteiger charge is 2.25. The van der Waals surface area contributed by atoms with Crippen LogP contribution >= 0.6 is 0 Å². The first-order valence-corrected chi connectivity index (χ1v) is 8.44. The maximum absolute atomic E-state index is 12.2. The highest BCUT2D eigenvalue weighted by atomic mass is 32.2. The lowest BCUT2D eigenvalue weighted by atomic mass is 10.1. The van der Waals surface area contributed by atoms with Gasteiger partial charge in [0.05, 0.1) is 10.5 Å². The van der Waals surface area contributed by atoms with Crippen LogP contribution in [0.2, 0.25) is 0 Å². The van der Waals surface area contributed by atoms with Gasteiger partial charge in [0.2, 0.25) is 0 Å². The van der Waals surface area contributed by atoms with E-state index >= 15 is 0 Å². The molecule has 1 aliphatic heterocycles. The molecule has 1 aliphatic rings. The summed E-state index contributed by atoms with van der Waals surface area (Å²) in [7, 11) is -4.30. The van der Waals surface area contributed by atoms with Gasteiger partial charge in [-0.05, 0) is 36.4 Å². The Labute approximate surface area is 136 Å². The van der Waals surface area contributed by atoms with Crippen LogP contribution in [-0.2, 0) is 14.9 Å². The summed E-state index contributed by atoms with van der Waals surface area (Å²) in [6.45, 7) is 0. The van der Waals surface area contributed by atoms with Gasteiger partial charge in [0.25, 0.3) is 16.0 Å². The Hall–Kier alpha value is -2.97. The molecule has 3 N–H and O–H groups in total. The van der Waals surface area contributed by atoms with Gasteiger partial charge in [-0.1, -0.05) is 0 Å². The quantitative estimate of drug-likeness (QED) is 0.489. The molecule has 24 heavy (non-hydrogen) atoms. The number of hydrogen-bond acceptors (Lipinski definition) is 4. The van der Waals surface area contributed by atoms with E-state index in [0.717, 1.165) is 0 Å². The van der Waals surface area contributed by atoms with Crippen molar-refractivity contribution in [3.63, 3.8) is 0 Å². The number of nitrogens with zero attached hydrogens (tertiary/aromatic N) is 1. The molecule has 0 saturated heterocycles. The number of nitrogens with one attached hydrogen (secondary N) is 2. The smallest absolute Gasteiger partial charge is 0.294 e. The molecule has 0 aliphatic carbocycles. The SMILES string of the molecule is O=C1Nc2ncccc2C1=Cc1c[nH]c2ccc(S(=O)(=O)O)cc12. The largest absolute Gasteiger partial charge is 0.361 e. The first kappa shape index (κ1) is 14.6. The fraction of sp³-hybridized carbons (Fsp3) is 0. The highest BCUT2D eigenvalue weighted by molar-refractivity contribution is 7.85. The van der Waals surface area contributed by atoms with Crippen LogP contribution in [0.25, 0.3) is 22.6 Å². The van der Waals surface area contributed by atoms with Crippen LogP contribution in [0.5, 0.6) is 0 Å². The number of anilines is 1. The van der Waals surface area contributed by atoms with Crippen molar-refractivity contribution in [2.75, 3.05) is 5.32 Å². The molecular formula is C16H11N3O4S. The zero-order valence-corrected chi connectivity index (χ0v) is 13.0. The lowest BCUT2D eigenvalue weighted by Crippen LogP contribution is -2.04. The minimum Gasteiger partial charge on any atom is -0.361 e. The first-order valence-electron chi connectivity index (χ1n) is 7.00. The molecule has 0 spiro atoms. The summed E-state index contributed by atoms with van der Waals surface area (Å²) >= 11 is 0. The molecule has 3 aromatic rings. The van der Waals surface area contributed by atoms with E-state index in [2.05, 4.69) is 15.3 Å². The summed E-state index contributed by atoms with van der Waals surface area (Å²) in [6, 6.07) is 7.75. The number of carbonyl (C=O) groups excluding carboxylic acids is 1. The molecule has 0 saturated carbocycles. The Bertz CT molecular complexity index is 1130. The first-order chi connectivity index (χ1) is 11.4. The second-order valence-electron chi connectivity index (χ2n) is 5.34. The van der Waals surface area contributed by atoms with Crippen molar-refractivity contribution in [3.05, 3.63) is 53.9 Å². The molecule has 2 aromatic heterocycles. The maximum Gasteiger partial charge on any atom is 0.294 e. The fourth-order valence-electron chi connectivity index (χ4n) is 2.72. The Morgan fingerprint density at radius 1 is 1.21 bits per heavy atom. The molecule has 1 aromatic carbocycles. The van der Waals surface area contributed by atoms with Gasteiger partial charge in [-0.25, -0.2) is 4.98 Å². The molecule has 3 heterocycles. The minimum atomic E-state index is -4.30. The van der Waals surface area contributed by atoms with Gasteiger partial charge in [0.1, 0.15) is 5.82 Å². The molecule has 0 bridgehead atoms. The van der Waals surface area contributed by atoms with E-state index in [-0.39, 0.29) is 10.8 Å². The summed E-state index contributed by atoms with van der Waals surface area (Å²) in [4.78, 5) is 19.1. The number of aromatic nitrogens is 2. The summed E-state index contributed by atoms with van der Waals surface area (Å²) in [6.07, 6.45) is 4.93. The number of H-pyrrole nitrogens is 1. The Morgan fingerprint density at radius 2 is 2.04 bits per heavy atom. The van der Waals surface area contributed by atoms with Crippen LogP contribution in [0, 0.1) is 0 Å². The Morgan fingerprint density at radius 3 is 2.83 bits per heavy atom. The van der Waals surface area contributed by atoms with Crippen molar-refractivity contribution >= 4 is 44.4 Å². The predicted octanol–water partition coefficient (Wildman–Crippen LogP) is 2.30. The van der Waals surface area contributed by atoms with Crippen LogP contribution < -0.4 is 5.32 Å². The zero-order chi connectivity index (χ0) is 16.9. The number of pyridine rings is 1. The third-order valence-electron chi connectivity index (χ3n) is 3.86. The van der Waals surface area contributed by atoms with Gasteiger partial charge < -0.3 is 10.3 Å². The zero-order valence-electron chi connectivity index (χ0n) is 12.1. The predicted molar refractivity (Wildman–Crippen MR) is 88.9 cm³/mol. The van der Waals surface area contributed by atoms with E-state index in [1.807, 2.05) is 0 Å². The van der Waals surface area contributed by atoms with Gasteiger partial charge in [-0.3, -0.25) is 9.35 Å². The van der Waals surface area contributed by atoms with E-state index in [0.29, 0.717) is 33.4 Å². The number of aromatic amines is 1. The lowest BCUT2D eigenvalue weighted by Gasteiger charge is -1.99. The molecular weight excluding hydrogens is 330 g/mol. The van der Waals surface area contributed by atoms with Crippen LogP contribution in [0.15, 0.2) is 47.6 Å². The van der Waals surface area contributed by atoms with E-state index < -0.39 is 10.1 Å². The average molecular weight is 341 g/mol. The Kier molecular flexibility index (Phi) is 3.05. The number of benzene rings is 1. The molecule has 1 amide bonds. The van der Waals surface area contributed by atoms with Crippen molar-refractivity contribution < 1.29 is 17.8 Å². The highest BCUT2D eigenvalue weighted by Crippen LogP contribution is 2.33. The summed E-state index contributed by atoms with van der Waals surface area (Å²) in [5.74, 6) is 0.219. The van der Waals surface area contributed by atoms with Gasteiger partial charge in [0, 0.05) is 34.4 Å². The molecule has 8 heteroatoms. The van der Waals surface area contributed by atoms with Crippen LogP contribution in [0.3, 0.4) is 0 Å². The van der Waals surface area contributed by atoms with Crippen LogP contribution in [-0.4, -0.2) is 28.8 Å². The van der Waals surface area contributed by atoms with Crippen molar-refractivity contribution in [2.45, 2.75) is 4.90 Å². The third-order valence-corrected chi connectivity index (χ3v) is 4.71. The van der Waals surface area contributed by atoms with E-state index in [9.17, 15) is 17.8 Å². The topological polar surface area (TPSA) is 112 Å². The van der Waals surface area contributed by atoms with E-state index in [4.69, 9.17) is 0 Å². The minimum absolute atomic E-state index is 0.202. The normalized spacial score (nSPS) is 15.7. The van der Waals surface area contributed by atoms with Crippen LogP contribution in [0.4, 0.5) is 5.82 Å². The fourth-order valence-corrected chi connectivity index (χ4v) is 3.23. The Balaban J connectivity index is 1.90. The standard InChI is InChI=1S/C16H11N3O4S/c20-16-13(11-2-1-5-17-15(11)19-16)6-9-8-18-14-4-3-10(7-12(9)14)24(21,22)23/h1-8,18H,(H,17,19,20)(H,21,22,23). The van der Waals surface area contributed by atoms with Crippen molar-refractivity contribution in [1.82, 2.24) is 9.97 Å². The number of carbonyl (C=O) groups is 1. The van der Waals surface area contributed by atoms with Crippen LogP contribution in [0.1, 0.15) is 11.1 Å². The summed E-state index contributed by atoms with van der Waals surface area (Å²) < 4.78 is 31.9. The lowest BCUT2D eigenvalue weighted by molar-refractivity contribution is -0.110. The molecule has 0 fully saturated rings. The molecule has 4 rings (SSSR count). The number of amides is 1. The molecule has 7 nitrogen and oxygen atoms in total. The molecule has 120 valence electrons. The second kappa shape index (κ2) is 5.02. The van der Waals surface area contributed by atoms with E-state index in [1.54, 1.807) is 36.7 Å². The number of fused-ring (bicyclic) bond motifs is 2. The van der Waals surface area contributed by atoms with Gasteiger partial charge >= 0.3 is 0 Å². The van der Waals surface area contributed by atoms with Crippen molar-refractivity contribution in [1.29, 1.82) is 0 Å². The average Bonchev–Trinajstić information content (AvgIpc) is 3.08. The second-order valence-corrected chi connectivity index (χ2v) is 6.76. The molecule has 0 atom stereocenters. The molecule has 0 radical (unpaired) electrons. The number of rotatable bonds is 2. The third kappa shape index (κ3) is 2.29. The van der Waals surface area contributed by atoms with Gasteiger partial charge in [-0.15, -0.1) is 0 Å². The van der Waals surface area contributed by atoms with Gasteiger partial charge in [-0.2, -0.15) is 8.42 Å². The van der Waals surface area contributed by atoms with Crippen molar-refractivity contribution in [3.8, 4) is 0 Å². The maximum atomic E-state index is 12.2. The number of hydrogen-bond donors (Lipinski definition) is 3. The monoisotopic (exact) mass is 341 g/mol. The van der Waals surface area contributed by atoms with Crippen molar-refractivity contribution in [2.24, 2.45) is 0 Å². The molecule has 0 unspecified atom stereocenters. The van der Waals surface area contributed by atoms with Gasteiger partial charge in [0.15, 0.2) is 0 Å².